The van der Waals surface area contributed by atoms with Crippen molar-refractivity contribution in [3.8, 4) is 0 Å². The third kappa shape index (κ3) is 3.93. The molecule has 4 heteroatoms. The molecular formula is C19H28N2O2. The van der Waals surface area contributed by atoms with Crippen molar-refractivity contribution in [1.29, 1.82) is 0 Å². The van der Waals surface area contributed by atoms with E-state index < -0.39 is 0 Å². The minimum absolute atomic E-state index is 0.0568. The average molecular weight is 316 g/mol. The summed E-state index contributed by atoms with van der Waals surface area (Å²) in [6.07, 6.45) is 1.91. The minimum Gasteiger partial charge on any atom is -0.396 e. The Morgan fingerprint density at radius 2 is 2.04 bits per heavy atom. The van der Waals surface area contributed by atoms with Crippen molar-refractivity contribution in [3.63, 3.8) is 0 Å². The molecule has 3 unspecified atom stereocenters. The normalized spacial score (nSPS) is 30.0. The highest BCUT2D eigenvalue weighted by Gasteiger charge is 2.51. The smallest absolute Gasteiger partial charge is 0.223 e. The van der Waals surface area contributed by atoms with Gasteiger partial charge in [-0.15, -0.1) is 0 Å². The van der Waals surface area contributed by atoms with Crippen molar-refractivity contribution in [2.45, 2.75) is 39.3 Å². The molecule has 0 radical (unpaired) electrons. The van der Waals surface area contributed by atoms with Crippen LogP contribution in [0.2, 0.25) is 0 Å². The lowest BCUT2D eigenvalue weighted by Crippen LogP contribution is -2.53. The SMILES string of the molecule is CC1(C)CC1C(=O)NC1CN(Cc2ccccc2)CCC1CO. The van der Waals surface area contributed by atoms with Crippen LogP contribution in [0.5, 0.6) is 0 Å². The van der Waals surface area contributed by atoms with Gasteiger partial charge in [0.15, 0.2) is 0 Å². The summed E-state index contributed by atoms with van der Waals surface area (Å²) in [6, 6.07) is 10.5. The quantitative estimate of drug-likeness (QED) is 0.874. The number of carbonyl (C=O) groups is 1. The summed E-state index contributed by atoms with van der Waals surface area (Å²) in [7, 11) is 0. The highest BCUT2D eigenvalue weighted by Crippen LogP contribution is 2.51. The first kappa shape index (κ1) is 16.5. The van der Waals surface area contributed by atoms with Crippen molar-refractivity contribution in [3.05, 3.63) is 35.9 Å². The van der Waals surface area contributed by atoms with Gasteiger partial charge in [0.25, 0.3) is 0 Å². The third-order valence-electron chi connectivity index (χ3n) is 5.48. The second-order valence-electron chi connectivity index (χ2n) is 7.81. The van der Waals surface area contributed by atoms with Crippen LogP contribution in [0, 0.1) is 17.3 Å². The summed E-state index contributed by atoms with van der Waals surface area (Å²) < 4.78 is 0. The summed E-state index contributed by atoms with van der Waals surface area (Å²) in [5.74, 6) is 0.485. The number of carbonyl (C=O) groups excluding carboxylic acids is 1. The average Bonchev–Trinajstić information content (AvgIpc) is 3.18. The number of nitrogens with one attached hydrogen (secondary N) is 1. The maximum Gasteiger partial charge on any atom is 0.223 e. The van der Waals surface area contributed by atoms with Gasteiger partial charge >= 0.3 is 0 Å². The fourth-order valence-corrected chi connectivity index (χ4v) is 3.63. The minimum atomic E-state index is 0.0568. The molecule has 0 bridgehead atoms. The van der Waals surface area contributed by atoms with E-state index in [0.717, 1.165) is 32.5 Å². The zero-order valence-electron chi connectivity index (χ0n) is 14.2. The van der Waals surface area contributed by atoms with Crippen LogP contribution in [0.15, 0.2) is 30.3 Å². The van der Waals surface area contributed by atoms with Gasteiger partial charge in [0.2, 0.25) is 5.91 Å². The highest BCUT2D eigenvalue weighted by atomic mass is 16.3. The van der Waals surface area contributed by atoms with E-state index in [1.165, 1.54) is 5.56 Å². The summed E-state index contributed by atoms with van der Waals surface area (Å²) in [5.41, 5.74) is 1.44. The van der Waals surface area contributed by atoms with Crippen LogP contribution in [0.4, 0.5) is 0 Å². The predicted octanol–water partition coefficient (Wildman–Crippen LogP) is 2.03. The van der Waals surface area contributed by atoms with Gasteiger partial charge in [-0.25, -0.2) is 0 Å². The molecule has 1 aliphatic carbocycles. The molecule has 3 rings (SSSR count). The molecule has 2 N–H and O–H groups in total. The molecule has 1 saturated heterocycles. The monoisotopic (exact) mass is 316 g/mol. The lowest BCUT2D eigenvalue weighted by Gasteiger charge is -2.38. The molecule has 23 heavy (non-hydrogen) atoms. The van der Waals surface area contributed by atoms with Crippen LogP contribution in [0.1, 0.15) is 32.3 Å². The van der Waals surface area contributed by atoms with Gasteiger partial charge in [0.1, 0.15) is 0 Å². The van der Waals surface area contributed by atoms with E-state index in [1.54, 1.807) is 0 Å². The van der Waals surface area contributed by atoms with Crippen LogP contribution >= 0.6 is 0 Å². The lowest BCUT2D eigenvalue weighted by atomic mass is 9.91. The largest absolute Gasteiger partial charge is 0.396 e. The van der Waals surface area contributed by atoms with Crippen molar-refractivity contribution in [2.24, 2.45) is 17.3 Å². The van der Waals surface area contributed by atoms with Gasteiger partial charge in [-0.2, -0.15) is 0 Å². The lowest BCUT2D eigenvalue weighted by molar-refractivity contribution is -0.124. The molecule has 126 valence electrons. The summed E-state index contributed by atoms with van der Waals surface area (Å²) in [6.45, 7) is 7.13. The molecule has 1 aromatic rings. The number of rotatable bonds is 5. The predicted molar refractivity (Wildman–Crippen MR) is 90.7 cm³/mol. The van der Waals surface area contributed by atoms with Gasteiger partial charge < -0.3 is 10.4 Å². The highest BCUT2D eigenvalue weighted by molar-refractivity contribution is 5.82. The zero-order valence-corrected chi connectivity index (χ0v) is 14.2. The number of piperidine rings is 1. The second-order valence-corrected chi connectivity index (χ2v) is 7.81. The maximum atomic E-state index is 12.4. The topological polar surface area (TPSA) is 52.6 Å². The van der Waals surface area contributed by atoms with Crippen LogP contribution in [0.3, 0.4) is 0 Å². The number of hydrogen-bond acceptors (Lipinski definition) is 3. The number of aliphatic hydroxyl groups excluding tert-OH is 1. The van der Waals surface area contributed by atoms with Gasteiger partial charge in [-0.1, -0.05) is 44.2 Å². The first-order valence-electron chi connectivity index (χ1n) is 8.67. The summed E-state index contributed by atoms with van der Waals surface area (Å²) >= 11 is 0. The van der Waals surface area contributed by atoms with E-state index in [9.17, 15) is 9.90 Å². The van der Waals surface area contributed by atoms with E-state index in [2.05, 4.69) is 48.3 Å². The number of benzene rings is 1. The van der Waals surface area contributed by atoms with Gasteiger partial charge in [-0.3, -0.25) is 9.69 Å². The standard InChI is InChI=1S/C19H28N2O2/c1-19(2)10-16(19)18(23)20-17-12-21(9-8-15(17)13-22)11-14-6-4-3-5-7-14/h3-7,15-17,22H,8-13H2,1-2H3,(H,20,23). The van der Waals surface area contributed by atoms with E-state index in [4.69, 9.17) is 0 Å². The molecule has 1 aromatic carbocycles. The van der Waals surface area contributed by atoms with Crippen molar-refractivity contribution in [1.82, 2.24) is 10.2 Å². The maximum absolute atomic E-state index is 12.4. The molecule has 0 aromatic heterocycles. The van der Waals surface area contributed by atoms with E-state index in [1.807, 2.05) is 6.07 Å². The Kier molecular flexibility index (Phi) is 4.74. The van der Waals surface area contributed by atoms with Crippen molar-refractivity contribution < 1.29 is 9.90 Å². The Bertz CT molecular complexity index is 544. The Balaban J connectivity index is 1.59. The first-order chi connectivity index (χ1) is 11.0. The number of amides is 1. The summed E-state index contributed by atoms with van der Waals surface area (Å²) in [5, 5.41) is 12.9. The Labute approximate surface area is 138 Å². The molecule has 4 nitrogen and oxygen atoms in total. The Morgan fingerprint density at radius 1 is 1.35 bits per heavy atom. The number of nitrogens with zero attached hydrogens (tertiary/aromatic N) is 1. The molecular weight excluding hydrogens is 288 g/mol. The van der Waals surface area contributed by atoms with Crippen LogP contribution in [0.25, 0.3) is 0 Å². The molecule has 2 aliphatic rings. The van der Waals surface area contributed by atoms with Gasteiger partial charge in [0.05, 0.1) is 0 Å². The van der Waals surface area contributed by atoms with Crippen LogP contribution < -0.4 is 5.32 Å². The van der Waals surface area contributed by atoms with E-state index in [-0.39, 0.29) is 35.8 Å². The third-order valence-corrected chi connectivity index (χ3v) is 5.48. The molecule has 3 atom stereocenters. The Morgan fingerprint density at radius 3 is 2.65 bits per heavy atom. The van der Waals surface area contributed by atoms with Gasteiger partial charge in [0, 0.05) is 37.6 Å². The first-order valence-corrected chi connectivity index (χ1v) is 8.67. The van der Waals surface area contributed by atoms with Crippen LogP contribution in [-0.4, -0.2) is 41.7 Å². The van der Waals surface area contributed by atoms with E-state index >= 15 is 0 Å². The Hall–Kier alpha value is -1.39. The number of aliphatic hydroxyl groups is 1. The molecule has 2 fully saturated rings. The van der Waals surface area contributed by atoms with E-state index in [0.29, 0.717) is 0 Å². The molecule has 1 saturated carbocycles. The summed E-state index contributed by atoms with van der Waals surface area (Å²) in [4.78, 5) is 14.8. The van der Waals surface area contributed by atoms with Crippen molar-refractivity contribution in [2.75, 3.05) is 19.7 Å². The fourth-order valence-electron chi connectivity index (χ4n) is 3.63. The second kappa shape index (κ2) is 6.62. The number of hydrogen-bond donors (Lipinski definition) is 2. The fraction of sp³-hybridized carbons (Fsp3) is 0.632. The molecule has 1 heterocycles. The van der Waals surface area contributed by atoms with Crippen molar-refractivity contribution >= 4 is 5.91 Å². The molecule has 1 aliphatic heterocycles. The number of likely N-dealkylation sites (tertiary alicyclic amines) is 1. The molecule has 1 amide bonds. The zero-order chi connectivity index (χ0) is 16.4. The molecule has 0 spiro atoms. The van der Waals surface area contributed by atoms with Gasteiger partial charge in [-0.05, 0) is 30.4 Å². The van der Waals surface area contributed by atoms with Crippen LogP contribution in [-0.2, 0) is 11.3 Å².